The molecule has 0 radical (unpaired) electrons. The van der Waals surface area contributed by atoms with Crippen LogP contribution in [0.1, 0.15) is 47.0 Å². The third-order valence-corrected chi connectivity index (χ3v) is 5.53. The first-order chi connectivity index (χ1) is 10.4. The fraction of sp³-hybridized carbons (Fsp3) is 0.647. The zero-order valence-electron chi connectivity index (χ0n) is 13.9. The second-order valence-electron chi connectivity index (χ2n) is 7.28. The third-order valence-electron chi connectivity index (χ3n) is 4.72. The number of aromatic nitrogens is 2. The van der Waals surface area contributed by atoms with E-state index in [1.165, 1.54) is 19.3 Å². The van der Waals surface area contributed by atoms with Crippen LogP contribution < -0.4 is 0 Å². The second kappa shape index (κ2) is 5.85. The minimum Gasteiger partial charge on any atom is -0.430 e. The highest BCUT2D eigenvalue weighted by molar-refractivity contribution is 7.99. The van der Waals surface area contributed by atoms with Gasteiger partial charge in [-0.1, -0.05) is 11.8 Å². The van der Waals surface area contributed by atoms with Crippen LogP contribution in [0.2, 0.25) is 0 Å². The minimum atomic E-state index is 0.269. The number of piperidine rings is 1. The lowest BCUT2D eigenvalue weighted by Gasteiger charge is -2.53. The molecule has 3 rings (SSSR count). The van der Waals surface area contributed by atoms with Crippen LogP contribution in [-0.4, -0.2) is 38.2 Å². The smallest absolute Gasteiger partial charge is 0.258 e. The SMILES string of the molecule is CC1(C)CCCC(C)(C)N1CCSc1nc2ncccc2o1. The predicted octanol–water partition coefficient (Wildman–Crippen LogP) is 4.36. The fourth-order valence-electron chi connectivity index (χ4n) is 3.68. The maximum absolute atomic E-state index is 5.73. The van der Waals surface area contributed by atoms with Crippen molar-refractivity contribution in [2.45, 2.75) is 63.3 Å². The van der Waals surface area contributed by atoms with E-state index in [0.29, 0.717) is 5.65 Å². The molecule has 0 saturated carbocycles. The van der Waals surface area contributed by atoms with Crippen molar-refractivity contribution < 1.29 is 4.42 Å². The first-order valence-electron chi connectivity index (χ1n) is 8.01. The van der Waals surface area contributed by atoms with Crippen LogP contribution >= 0.6 is 11.8 Å². The normalized spacial score (nSPS) is 21.3. The van der Waals surface area contributed by atoms with Crippen LogP contribution in [0.3, 0.4) is 0 Å². The number of hydrogen-bond acceptors (Lipinski definition) is 5. The second-order valence-corrected chi connectivity index (χ2v) is 8.33. The molecule has 0 amide bonds. The number of pyridine rings is 1. The van der Waals surface area contributed by atoms with Crippen LogP contribution in [0.15, 0.2) is 28.0 Å². The number of fused-ring (bicyclic) bond motifs is 1. The molecule has 0 spiro atoms. The summed E-state index contributed by atoms with van der Waals surface area (Å²) in [5, 5.41) is 0.723. The summed E-state index contributed by atoms with van der Waals surface area (Å²) in [5.41, 5.74) is 2.00. The van der Waals surface area contributed by atoms with Gasteiger partial charge in [0.2, 0.25) is 0 Å². The van der Waals surface area contributed by atoms with Crippen molar-refractivity contribution >= 4 is 23.0 Å². The minimum absolute atomic E-state index is 0.269. The lowest BCUT2D eigenvalue weighted by Crippen LogP contribution is -2.59. The number of likely N-dealkylation sites (tertiary alicyclic amines) is 1. The van der Waals surface area contributed by atoms with E-state index in [1.54, 1.807) is 18.0 Å². The van der Waals surface area contributed by atoms with Gasteiger partial charge < -0.3 is 4.42 Å². The van der Waals surface area contributed by atoms with Crippen molar-refractivity contribution in [2.24, 2.45) is 0 Å². The molecule has 2 aromatic rings. The summed E-state index contributed by atoms with van der Waals surface area (Å²) < 4.78 is 5.73. The highest BCUT2D eigenvalue weighted by atomic mass is 32.2. The van der Waals surface area contributed by atoms with E-state index in [-0.39, 0.29) is 11.1 Å². The Hall–Kier alpha value is -1.07. The van der Waals surface area contributed by atoms with E-state index in [1.807, 2.05) is 12.1 Å². The predicted molar refractivity (Wildman–Crippen MR) is 91.2 cm³/mol. The van der Waals surface area contributed by atoms with Gasteiger partial charge in [0.05, 0.1) is 0 Å². The van der Waals surface area contributed by atoms with Gasteiger partial charge >= 0.3 is 0 Å². The van der Waals surface area contributed by atoms with E-state index in [9.17, 15) is 0 Å². The Morgan fingerprint density at radius 1 is 1.23 bits per heavy atom. The highest BCUT2D eigenvalue weighted by Crippen LogP contribution is 2.38. The van der Waals surface area contributed by atoms with Crippen molar-refractivity contribution in [2.75, 3.05) is 12.3 Å². The molecule has 5 heteroatoms. The first kappa shape index (κ1) is 15.8. The Kier molecular flexibility index (Phi) is 4.21. The van der Waals surface area contributed by atoms with Gasteiger partial charge in [-0.05, 0) is 59.1 Å². The van der Waals surface area contributed by atoms with Crippen LogP contribution in [0.5, 0.6) is 0 Å². The molecule has 1 fully saturated rings. The monoisotopic (exact) mass is 319 g/mol. The van der Waals surface area contributed by atoms with Crippen LogP contribution in [0.4, 0.5) is 0 Å². The molecule has 1 saturated heterocycles. The Balaban J connectivity index is 1.64. The van der Waals surface area contributed by atoms with Gasteiger partial charge in [-0.15, -0.1) is 0 Å². The Bertz CT molecular complexity index is 601. The lowest BCUT2D eigenvalue weighted by molar-refractivity contribution is -0.0209. The summed E-state index contributed by atoms with van der Waals surface area (Å²) in [7, 11) is 0. The van der Waals surface area contributed by atoms with Gasteiger partial charge in [0, 0.05) is 29.6 Å². The zero-order valence-corrected chi connectivity index (χ0v) is 14.7. The molecular weight excluding hydrogens is 294 g/mol. The molecule has 0 bridgehead atoms. The molecule has 0 aliphatic carbocycles. The molecule has 4 nitrogen and oxygen atoms in total. The van der Waals surface area contributed by atoms with Gasteiger partial charge in [-0.25, -0.2) is 4.98 Å². The summed E-state index contributed by atoms with van der Waals surface area (Å²) >= 11 is 1.68. The van der Waals surface area contributed by atoms with E-state index in [0.717, 1.165) is 23.1 Å². The average Bonchev–Trinajstić information content (AvgIpc) is 2.84. The van der Waals surface area contributed by atoms with Gasteiger partial charge in [-0.2, -0.15) is 4.98 Å². The number of nitrogens with zero attached hydrogens (tertiary/aromatic N) is 3. The molecule has 0 atom stereocenters. The number of oxazole rings is 1. The number of thioether (sulfide) groups is 1. The summed E-state index contributed by atoms with van der Waals surface area (Å²) in [6.07, 6.45) is 5.61. The van der Waals surface area contributed by atoms with Gasteiger partial charge in [0.25, 0.3) is 5.22 Å². The van der Waals surface area contributed by atoms with Gasteiger partial charge in [0.15, 0.2) is 11.2 Å². The van der Waals surface area contributed by atoms with Crippen molar-refractivity contribution in [1.29, 1.82) is 0 Å². The van der Waals surface area contributed by atoms with E-state index < -0.39 is 0 Å². The molecule has 1 aliphatic heterocycles. The first-order valence-corrected chi connectivity index (χ1v) is 8.99. The summed E-state index contributed by atoms with van der Waals surface area (Å²) in [6.45, 7) is 10.5. The molecule has 120 valence electrons. The third kappa shape index (κ3) is 3.15. The summed E-state index contributed by atoms with van der Waals surface area (Å²) in [6, 6.07) is 3.79. The van der Waals surface area contributed by atoms with Crippen molar-refractivity contribution in [1.82, 2.24) is 14.9 Å². The van der Waals surface area contributed by atoms with E-state index in [2.05, 4.69) is 42.6 Å². The standard InChI is InChI=1S/C17H25N3OS/c1-16(2)8-6-9-17(3,4)20(16)11-12-22-15-19-14-13(21-15)7-5-10-18-14/h5,7,10H,6,8-9,11-12H2,1-4H3. The number of rotatable bonds is 4. The maximum Gasteiger partial charge on any atom is 0.258 e. The quantitative estimate of drug-likeness (QED) is 0.783. The Morgan fingerprint density at radius 2 is 1.95 bits per heavy atom. The molecule has 2 aromatic heterocycles. The van der Waals surface area contributed by atoms with Crippen LogP contribution in [0, 0.1) is 0 Å². The Labute approximate surface area is 136 Å². The number of hydrogen-bond donors (Lipinski definition) is 0. The lowest BCUT2D eigenvalue weighted by atomic mass is 9.80. The highest BCUT2D eigenvalue weighted by Gasteiger charge is 2.40. The molecule has 0 unspecified atom stereocenters. The van der Waals surface area contributed by atoms with Crippen molar-refractivity contribution in [3.05, 3.63) is 18.3 Å². The van der Waals surface area contributed by atoms with Crippen LogP contribution in [-0.2, 0) is 0 Å². The molecule has 3 heterocycles. The summed E-state index contributed by atoms with van der Waals surface area (Å²) in [4.78, 5) is 11.3. The topological polar surface area (TPSA) is 42.2 Å². The Morgan fingerprint density at radius 3 is 2.64 bits per heavy atom. The van der Waals surface area contributed by atoms with Crippen molar-refractivity contribution in [3.63, 3.8) is 0 Å². The largest absolute Gasteiger partial charge is 0.430 e. The molecule has 22 heavy (non-hydrogen) atoms. The van der Waals surface area contributed by atoms with E-state index in [4.69, 9.17) is 4.42 Å². The molecular formula is C17H25N3OS. The fourth-order valence-corrected chi connectivity index (χ4v) is 4.43. The van der Waals surface area contributed by atoms with Crippen molar-refractivity contribution in [3.8, 4) is 0 Å². The zero-order chi connectivity index (χ0) is 15.8. The average molecular weight is 319 g/mol. The van der Waals surface area contributed by atoms with Gasteiger partial charge in [0.1, 0.15) is 0 Å². The molecule has 0 aromatic carbocycles. The van der Waals surface area contributed by atoms with Crippen LogP contribution in [0.25, 0.3) is 11.2 Å². The molecule has 0 N–H and O–H groups in total. The summed E-state index contributed by atoms with van der Waals surface area (Å²) in [5.74, 6) is 0.986. The van der Waals surface area contributed by atoms with Gasteiger partial charge in [-0.3, -0.25) is 4.90 Å². The maximum atomic E-state index is 5.73. The van der Waals surface area contributed by atoms with E-state index >= 15 is 0 Å². The molecule has 1 aliphatic rings.